The summed E-state index contributed by atoms with van der Waals surface area (Å²) in [5.74, 6) is 1.02. The van der Waals surface area contributed by atoms with Crippen LogP contribution in [0.25, 0.3) is 0 Å². The topological polar surface area (TPSA) is 86.8 Å². The molecule has 212 valence electrons. The molecule has 2 N–H and O–H groups in total. The highest BCUT2D eigenvalue weighted by Gasteiger charge is 2.43. The number of halogens is 2. The number of likely N-dealkylation sites (N-methyl/N-ethyl adjacent to an activating group) is 1. The summed E-state index contributed by atoms with van der Waals surface area (Å²) < 4.78 is 5.97. The lowest BCUT2D eigenvalue weighted by molar-refractivity contribution is -0.135. The number of anilines is 1. The minimum Gasteiger partial charge on any atom is -0.476 e. The van der Waals surface area contributed by atoms with Gasteiger partial charge >= 0.3 is 0 Å². The molecule has 0 saturated carbocycles. The van der Waals surface area contributed by atoms with Gasteiger partial charge in [-0.25, -0.2) is 4.98 Å². The van der Waals surface area contributed by atoms with E-state index in [1.54, 1.807) is 38.2 Å². The molecule has 2 fully saturated rings. The Morgan fingerprint density at radius 2 is 1.79 bits per heavy atom. The van der Waals surface area contributed by atoms with Crippen molar-refractivity contribution in [2.24, 2.45) is 0 Å². The number of amides is 2. The number of fused-ring (bicyclic) bond motifs is 2. The maximum atomic E-state index is 13.2. The van der Waals surface area contributed by atoms with Gasteiger partial charge in [0.05, 0.1) is 10.6 Å². The Kier molecular flexibility index (Phi) is 9.62. The number of nitrogens with one attached hydrogen (secondary N) is 2. The van der Waals surface area contributed by atoms with Crippen molar-refractivity contribution >= 4 is 40.8 Å². The maximum absolute atomic E-state index is 13.2. The molecule has 2 saturated heterocycles. The molecule has 2 bridgehead atoms. The molecule has 4 rings (SSSR count). The molecule has 10 heteroatoms. The first-order valence-corrected chi connectivity index (χ1v) is 14.6. The van der Waals surface area contributed by atoms with E-state index in [-0.39, 0.29) is 29.9 Å². The van der Waals surface area contributed by atoms with E-state index in [0.29, 0.717) is 27.9 Å². The molecule has 2 aromatic rings. The van der Waals surface area contributed by atoms with Crippen LogP contribution in [0, 0.1) is 0 Å². The first kappa shape index (κ1) is 29.4. The van der Waals surface area contributed by atoms with E-state index in [1.807, 2.05) is 12.1 Å². The first-order chi connectivity index (χ1) is 18.6. The molecular weight excluding hydrogens is 537 g/mol. The van der Waals surface area contributed by atoms with Crippen LogP contribution in [0.2, 0.25) is 10.0 Å². The van der Waals surface area contributed by atoms with Gasteiger partial charge in [-0.15, -0.1) is 0 Å². The van der Waals surface area contributed by atoms with E-state index in [1.165, 1.54) is 0 Å². The molecule has 8 nitrogen and oxygen atoms in total. The molecule has 3 heterocycles. The van der Waals surface area contributed by atoms with Crippen molar-refractivity contribution in [3.63, 3.8) is 0 Å². The molecule has 1 unspecified atom stereocenters. The first-order valence-electron chi connectivity index (χ1n) is 13.8. The fourth-order valence-corrected chi connectivity index (χ4v) is 6.00. The predicted octanol–water partition coefficient (Wildman–Crippen LogP) is 4.93. The van der Waals surface area contributed by atoms with Gasteiger partial charge in [-0.1, -0.05) is 37.0 Å². The smallest absolute Gasteiger partial charge is 0.263 e. The van der Waals surface area contributed by atoms with Gasteiger partial charge < -0.3 is 25.2 Å². The van der Waals surface area contributed by atoms with Crippen molar-refractivity contribution in [2.75, 3.05) is 31.1 Å². The second-order valence-electron chi connectivity index (χ2n) is 10.8. The SMILES string of the molecule is CCN(CC)CCNC(=O)c1ccc(N2[C@@H]3CC[C@H]2CC(NC(=O)C(C)(C)Oc2ccc(Cl)cc2Cl)C3)nc1. The Morgan fingerprint density at radius 3 is 2.38 bits per heavy atom. The number of pyridine rings is 1. The summed E-state index contributed by atoms with van der Waals surface area (Å²) in [5.41, 5.74) is -0.535. The minimum atomic E-state index is -1.10. The fourth-order valence-electron chi connectivity index (χ4n) is 5.55. The van der Waals surface area contributed by atoms with Gasteiger partial charge in [0.15, 0.2) is 5.60 Å². The summed E-state index contributed by atoms with van der Waals surface area (Å²) >= 11 is 12.2. The molecule has 39 heavy (non-hydrogen) atoms. The van der Waals surface area contributed by atoms with Crippen LogP contribution in [0.5, 0.6) is 5.75 Å². The number of hydrogen-bond donors (Lipinski definition) is 2. The summed E-state index contributed by atoms with van der Waals surface area (Å²) in [5, 5.41) is 7.07. The van der Waals surface area contributed by atoms with E-state index in [4.69, 9.17) is 27.9 Å². The number of ether oxygens (including phenoxy) is 1. The molecule has 2 amide bonds. The van der Waals surface area contributed by atoms with E-state index in [0.717, 1.165) is 51.1 Å². The summed E-state index contributed by atoms with van der Waals surface area (Å²) in [6.07, 6.45) is 5.42. The standard InChI is InChI=1S/C29H39Cl2N5O3/c1-5-35(6-2)14-13-32-27(37)19-7-12-26(33-18-19)36-22-9-10-23(36)17-21(16-22)34-28(38)29(3,4)39-25-11-8-20(30)15-24(25)31/h7-8,11-12,15,18,21-23H,5-6,9-10,13-14,16-17H2,1-4H3,(H,32,37)(H,34,38)/t21?,22-,23+. The molecule has 1 aromatic heterocycles. The van der Waals surface area contributed by atoms with Crippen molar-refractivity contribution < 1.29 is 14.3 Å². The van der Waals surface area contributed by atoms with Crippen molar-refractivity contribution in [3.8, 4) is 5.75 Å². The fraction of sp³-hybridized carbons (Fsp3) is 0.552. The molecular formula is C29H39Cl2N5O3. The Bertz CT molecular complexity index is 1140. The zero-order valence-electron chi connectivity index (χ0n) is 23.2. The van der Waals surface area contributed by atoms with E-state index >= 15 is 0 Å². The number of carbonyl (C=O) groups is 2. The van der Waals surface area contributed by atoms with Gasteiger partial charge in [-0.3, -0.25) is 9.59 Å². The van der Waals surface area contributed by atoms with Crippen molar-refractivity contribution in [2.45, 2.75) is 77.1 Å². The quantitative estimate of drug-likeness (QED) is 0.395. The molecule has 3 atom stereocenters. The third-order valence-corrected chi connectivity index (χ3v) is 8.29. The zero-order chi connectivity index (χ0) is 28.2. The van der Waals surface area contributed by atoms with Gasteiger partial charge in [-0.2, -0.15) is 0 Å². The summed E-state index contributed by atoms with van der Waals surface area (Å²) in [6, 6.07) is 9.36. The largest absolute Gasteiger partial charge is 0.476 e. The monoisotopic (exact) mass is 575 g/mol. The Labute approximate surface area is 241 Å². The van der Waals surface area contributed by atoms with Crippen molar-refractivity contribution in [1.29, 1.82) is 0 Å². The number of carbonyl (C=O) groups excluding carboxylic acids is 2. The lowest BCUT2D eigenvalue weighted by Gasteiger charge is -2.40. The van der Waals surface area contributed by atoms with Crippen LogP contribution in [-0.4, -0.2) is 71.6 Å². The van der Waals surface area contributed by atoms with Crippen LogP contribution in [0.15, 0.2) is 36.5 Å². The Hall–Kier alpha value is -2.55. The summed E-state index contributed by atoms with van der Waals surface area (Å²) in [6.45, 7) is 11.1. The number of rotatable bonds is 11. The molecule has 1 aromatic carbocycles. The van der Waals surface area contributed by atoms with Crippen LogP contribution >= 0.6 is 23.2 Å². The molecule has 0 aliphatic carbocycles. The second kappa shape index (κ2) is 12.7. The third kappa shape index (κ3) is 7.16. The van der Waals surface area contributed by atoms with Crippen LogP contribution in [0.4, 0.5) is 5.82 Å². The second-order valence-corrected chi connectivity index (χ2v) is 11.7. The highest BCUT2D eigenvalue weighted by Crippen LogP contribution is 2.39. The van der Waals surface area contributed by atoms with Gasteiger partial charge in [0, 0.05) is 42.4 Å². The van der Waals surface area contributed by atoms with Crippen LogP contribution < -0.4 is 20.3 Å². The number of hydrogen-bond acceptors (Lipinski definition) is 6. The Morgan fingerprint density at radius 1 is 1.10 bits per heavy atom. The predicted molar refractivity (Wildman–Crippen MR) is 156 cm³/mol. The molecule has 2 aliphatic heterocycles. The highest BCUT2D eigenvalue weighted by atomic mass is 35.5. The molecule has 2 aliphatic rings. The maximum Gasteiger partial charge on any atom is 0.263 e. The van der Waals surface area contributed by atoms with Crippen LogP contribution in [0.1, 0.15) is 63.7 Å². The van der Waals surface area contributed by atoms with E-state index in [9.17, 15) is 9.59 Å². The van der Waals surface area contributed by atoms with Crippen LogP contribution in [-0.2, 0) is 4.79 Å². The minimum absolute atomic E-state index is 0.0469. The lowest BCUT2D eigenvalue weighted by atomic mass is 9.96. The van der Waals surface area contributed by atoms with Crippen LogP contribution in [0.3, 0.4) is 0 Å². The number of benzene rings is 1. The average Bonchev–Trinajstić information content (AvgIpc) is 3.18. The zero-order valence-corrected chi connectivity index (χ0v) is 24.7. The summed E-state index contributed by atoms with van der Waals surface area (Å²) in [7, 11) is 0. The van der Waals surface area contributed by atoms with Gasteiger partial charge in [0.1, 0.15) is 11.6 Å². The Balaban J connectivity index is 1.32. The highest BCUT2D eigenvalue weighted by molar-refractivity contribution is 6.35. The lowest BCUT2D eigenvalue weighted by Crippen LogP contribution is -2.55. The van der Waals surface area contributed by atoms with E-state index in [2.05, 4.69) is 39.3 Å². The number of nitrogens with zero attached hydrogens (tertiary/aromatic N) is 3. The molecule has 0 spiro atoms. The number of aromatic nitrogens is 1. The number of piperidine rings is 1. The van der Waals surface area contributed by atoms with Gasteiger partial charge in [-0.05, 0) is 83.0 Å². The van der Waals surface area contributed by atoms with Crippen molar-refractivity contribution in [1.82, 2.24) is 20.5 Å². The average molecular weight is 577 g/mol. The summed E-state index contributed by atoms with van der Waals surface area (Å²) in [4.78, 5) is 35.0. The third-order valence-electron chi connectivity index (χ3n) is 7.76. The normalized spacial score (nSPS) is 20.7. The molecule has 0 radical (unpaired) electrons. The van der Waals surface area contributed by atoms with Crippen molar-refractivity contribution in [3.05, 3.63) is 52.1 Å². The van der Waals surface area contributed by atoms with Gasteiger partial charge in [0.25, 0.3) is 11.8 Å². The van der Waals surface area contributed by atoms with E-state index < -0.39 is 5.60 Å². The van der Waals surface area contributed by atoms with Gasteiger partial charge in [0.2, 0.25) is 0 Å².